The SMILES string of the molecule is CCOC(c1nc(-c2cccc(Br)c2)cs1)C1CC1. The lowest BCUT2D eigenvalue weighted by Crippen LogP contribution is -2.06. The van der Waals surface area contributed by atoms with Crippen LogP contribution in [0.2, 0.25) is 0 Å². The van der Waals surface area contributed by atoms with Crippen molar-refractivity contribution in [1.82, 2.24) is 4.98 Å². The van der Waals surface area contributed by atoms with Crippen molar-refractivity contribution < 1.29 is 4.74 Å². The predicted octanol–water partition coefficient (Wildman–Crippen LogP) is 5.06. The van der Waals surface area contributed by atoms with Crippen molar-refractivity contribution in [2.24, 2.45) is 5.92 Å². The maximum absolute atomic E-state index is 5.86. The maximum atomic E-state index is 5.86. The van der Waals surface area contributed by atoms with Gasteiger partial charge in [-0.25, -0.2) is 4.98 Å². The average Bonchev–Trinajstić information content (AvgIpc) is 3.13. The third-order valence-corrected chi connectivity index (χ3v) is 4.68. The highest BCUT2D eigenvalue weighted by atomic mass is 79.9. The van der Waals surface area contributed by atoms with Crippen molar-refractivity contribution >= 4 is 27.3 Å². The van der Waals surface area contributed by atoms with Gasteiger partial charge in [-0.1, -0.05) is 28.1 Å². The Morgan fingerprint density at radius 3 is 3.00 bits per heavy atom. The van der Waals surface area contributed by atoms with Crippen LogP contribution >= 0.6 is 27.3 Å². The van der Waals surface area contributed by atoms with Gasteiger partial charge in [0.25, 0.3) is 0 Å². The van der Waals surface area contributed by atoms with Gasteiger partial charge < -0.3 is 4.74 Å². The molecule has 1 fully saturated rings. The van der Waals surface area contributed by atoms with Crippen molar-refractivity contribution in [3.63, 3.8) is 0 Å². The largest absolute Gasteiger partial charge is 0.371 e. The second-order valence-electron chi connectivity index (χ2n) is 4.79. The second kappa shape index (κ2) is 5.73. The molecule has 0 spiro atoms. The van der Waals surface area contributed by atoms with E-state index in [1.165, 1.54) is 12.8 Å². The Hall–Kier alpha value is -0.710. The lowest BCUT2D eigenvalue weighted by molar-refractivity contribution is 0.0462. The standard InChI is InChI=1S/C15H16BrNOS/c1-2-18-14(10-6-7-10)15-17-13(9-19-15)11-4-3-5-12(16)8-11/h3-5,8-10,14H,2,6-7H2,1H3. The van der Waals surface area contributed by atoms with Crippen LogP contribution in [0.3, 0.4) is 0 Å². The normalized spacial score (nSPS) is 16.5. The van der Waals surface area contributed by atoms with E-state index >= 15 is 0 Å². The van der Waals surface area contributed by atoms with Gasteiger partial charge in [0.2, 0.25) is 0 Å². The number of benzene rings is 1. The molecule has 1 heterocycles. The average molecular weight is 338 g/mol. The van der Waals surface area contributed by atoms with E-state index in [1.54, 1.807) is 11.3 Å². The Balaban J connectivity index is 1.85. The first kappa shape index (κ1) is 13.3. The van der Waals surface area contributed by atoms with Crippen LogP contribution in [0.25, 0.3) is 11.3 Å². The van der Waals surface area contributed by atoms with Crippen molar-refractivity contribution in [3.05, 3.63) is 39.1 Å². The van der Waals surface area contributed by atoms with Crippen LogP contribution in [-0.4, -0.2) is 11.6 Å². The fourth-order valence-corrected chi connectivity index (χ4v) is 3.55. The number of rotatable bonds is 5. The molecule has 100 valence electrons. The number of nitrogens with zero attached hydrogens (tertiary/aromatic N) is 1. The van der Waals surface area contributed by atoms with E-state index in [0.29, 0.717) is 5.92 Å². The molecule has 2 nitrogen and oxygen atoms in total. The van der Waals surface area contributed by atoms with Crippen molar-refractivity contribution in [2.75, 3.05) is 6.61 Å². The van der Waals surface area contributed by atoms with Gasteiger partial charge in [0, 0.05) is 22.0 Å². The zero-order valence-electron chi connectivity index (χ0n) is 10.8. The highest BCUT2D eigenvalue weighted by Crippen LogP contribution is 2.44. The molecule has 1 aliphatic carbocycles. The summed E-state index contributed by atoms with van der Waals surface area (Å²) in [4.78, 5) is 4.77. The molecular formula is C15H16BrNOS. The summed E-state index contributed by atoms with van der Waals surface area (Å²) >= 11 is 5.22. The number of hydrogen-bond donors (Lipinski definition) is 0. The molecule has 1 unspecified atom stereocenters. The molecular weight excluding hydrogens is 322 g/mol. The first-order valence-corrected chi connectivity index (χ1v) is 8.28. The van der Waals surface area contributed by atoms with Crippen LogP contribution in [0.5, 0.6) is 0 Å². The molecule has 0 bridgehead atoms. The van der Waals surface area contributed by atoms with E-state index in [9.17, 15) is 0 Å². The van der Waals surface area contributed by atoms with E-state index in [2.05, 4.69) is 40.4 Å². The van der Waals surface area contributed by atoms with Gasteiger partial charge in [-0.3, -0.25) is 0 Å². The number of ether oxygens (including phenoxy) is 1. The lowest BCUT2D eigenvalue weighted by atomic mass is 10.2. The molecule has 3 rings (SSSR count). The van der Waals surface area contributed by atoms with Crippen LogP contribution in [0.4, 0.5) is 0 Å². The van der Waals surface area contributed by atoms with Crippen molar-refractivity contribution in [1.29, 1.82) is 0 Å². The van der Waals surface area contributed by atoms with E-state index in [0.717, 1.165) is 27.3 Å². The van der Waals surface area contributed by atoms with Gasteiger partial charge in [-0.15, -0.1) is 11.3 Å². The molecule has 1 aromatic heterocycles. The molecule has 1 aromatic carbocycles. The number of thiazole rings is 1. The summed E-state index contributed by atoms with van der Waals surface area (Å²) in [7, 11) is 0. The van der Waals surface area contributed by atoms with E-state index in [-0.39, 0.29) is 6.10 Å². The van der Waals surface area contributed by atoms with Gasteiger partial charge >= 0.3 is 0 Å². The van der Waals surface area contributed by atoms with Gasteiger partial charge in [0.05, 0.1) is 5.69 Å². The topological polar surface area (TPSA) is 22.1 Å². The van der Waals surface area contributed by atoms with Gasteiger partial charge in [0.15, 0.2) is 0 Å². The molecule has 1 aliphatic rings. The van der Waals surface area contributed by atoms with Crippen LogP contribution in [-0.2, 0) is 4.74 Å². The number of aromatic nitrogens is 1. The smallest absolute Gasteiger partial charge is 0.122 e. The van der Waals surface area contributed by atoms with Crippen molar-refractivity contribution in [3.8, 4) is 11.3 Å². The molecule has 2 aromatic rings. The quantitative estimate of drug-likeness (QED) is 0.760. The van der Waals surface area contributed by atoms with E-state index in [4.69, 9.17) is 9.72 Å². The summed E-state index contributed by atoms with van der Waals surface area (Å²) in [6.45, 7) is 2.81. The summed E-state index contributed by atoms with van der Waals surface area (Å²) in [5.41, 5.74) is 2.20. The molecule has 0 saturated heterocycles. The summed E-state index contributed by atoms with van der Waals surface area (Å²) in [6.07, 6.45) is 2.75. The summed E-state index contributed by atoms with van der Waals surface area (Å²) in [6, 6.07) is 8.27. The van der Waals surface area contributed by atoms with Crippen LogP contribution < -0.4 is 0 Å². The molecule has 0 aliphatic heterocycles. The Kier molecular flexibility index (Phi) is 4.01. The monoisotopic (exact) mass is 337 g/mol. The Morgan fingerprint density at radius 1 is 1.47 bits per heavy atom. The molecule has 4 heteroatoms. The molecule has 0 radical (unpaired) electrons. The first-order chi connectivity index (χ1) is 9.28. The molecule has 1 saturated carbocycles. The zero-order chi connectivity index (χ0) is 13.2. The Bertz CT molecular complexity index is 565. The minimum atomic E-state index is 0.205. The summed E-state index contributed by atoms with van der Waals surface area (Å²) in [5.74, 6) is 0.682. The second-order valence-corrected chi connectivity index (χ2v) is 6.60. The molecule has 1 atom stereocenters. The first-order valence-electron chi connectivity index (χ1n) is 6.61. The summed E-state index contributed by atoms with van der Waals surface area (Å²) in [5, 5.41) is 3.25. The van der Waals surface area contributed by atoms with Gasteiger partial charge in [-0.05, 0) is 37.8 Å². The van der Waals surface area contributed by atoms with Crippen LogP contribution in [0, 0.1) is 5.92 Å². The van der Waals surface area contributed by atoms with Crippen LogP contribution in [0.15, 0.2) is 34.1 Å². The molecule has 0 amide bonds. The van der Waals surface area contributed by atoms with E-state index < -0.39 is 0 Å². The minimum absolute atomic E-state index is 0.205. The fraction of sp³-hybridized carbons (Fsp3) is 0.400. The van der Waals surface area contributed by atoms with Crippen molar-refractivity contribution in [2.45, 2.75) is 25.9 Å². The fourth-order valence-electron chi connectivity index (χ4n) is 2.19. The lowest BCUT2D eigenvalue weighted by Gasteiger charge is -2.12. The Labute approximate surface area is 126 Å². The Morgan fingerprint density at radius 2 is 2.32 bits per heavy atom. The highest BCUT2D eigenvalue weighted by Gasteiger charge is 2.34. The zero-order valence-corrected chi connectivity index (χ0v) is 13.2. The van der Waals surface area contributed by atoms with Crippen LogP contribution in [0.1, 0.15) is 30.9 Å². The minimum Gasteiger partial charge on any atom is -0.371 e. The van der Waals surface area contributed by atoms with Gasteiger partial charge in [-0.2, -0.15) is 0 Å². The van der Waals surface area contributed by atoms with Gasteiger partial charge in [0.1, 0.15) is 11.1 Å². The molecule has 19 heavy (non-hydrogen) atoms. The summed E-state index contributed by atoms with van der Waals surface area (Å²) < 4.78 is 6.95. The highest BCUT2D eigenvalue weighted by molar-refractivity contribution is 9.10. The molecule has 0 N–H and O–H groups in total. The third-order valence-electron chi connectivity index (χ3n) is 3.28. The predicted molar refractivity (Wildman–Crippen MR) is 82.3 cm³/mol. The third kappa shape index (κ3) is 3.07. The number of hydrogen-bond acceptors (Lipinski definition) is 3. The number of halogens is 1. The van der Waals surface area contributed by atoms with E-state index in [1.807, 2.05) is 12.1 Å². The maximum Gasteiger partial charge on any atom is 0.122 e.